The average Bonchev–Trinajstić information content (AvgIpc) is 3.16. The van der Waals surface area contributed by atoms with E-state index in [0.29, 0.717) is 5.56 Å². The second-order valence-corrected chi connectivity index (χ2v) is 7.63. The van der Waals surface area contributed by atoms with E-state index in [1.165, 1.54) is 5.56 Å². The van der Waals surface area contributed by atoms with Gasteiger partial charge in [-0.1, -0.05) is 42.5 Å². The number of H-pyrrole nitrogens is 1. The summed E-state index contributed by atoms with van der Waals surface area (Å²) >= 11 is 0. The Balaban J connectivity index is 1.54. The fourth-order valence-corrected chi connectivity index (χ4v) is 4.20. The molecule has 0 spiro atoms. The Bertz CT molecular complexity index is 1090. The summed E-state index contributed by atoms with van der Waals surface area (Å²) in [6.45, 7) is 3.70. The summed E-state index contributed by atoms with van der Waals surface area (Å²) in [4.78, 5) is 29.1. The third-order valence-electron chi connectivity index (χ3n) is 5.53. The number of carboxylic acids is 1. The maximum absolute atomic E-state index is 11.9. The monoisotopic (exact) mass is 388 g/mol. The van der Waals surface area contributed by atoms with E-state index in [2.05, 4.69) is 22.0 Å². The molecule has 29 heavy (non-hydrogen) atoms. The van der Waals surface area contributed by atoms with E-state index < -0.39 is 5.97 Å². The van der Waals surface area contributed by atoms with Gasteiger partial charge in [-0.3, -0.25) is 9.69 Å². The highest BCUT2D eigenvalue weighted by Gasteiger charge is 2.27. The molecule has 2 N–H and O–H groups in total. The number of aromatic amines is 1. The Morgan fingerprint density at radius 1 is 1.14 bits per heavy atom. The van der Waals surface area contributed by atoms with Gasteiger partial charge in [-0.2, -0.15) is 0 Å². The molecular formula is C24H24N2O3. The second-order valence-electron chi connectivity index (χ2n) is 7.63. The van der Waals surface area contributed by atoms with E-state index in [4.69, 9.17) is 0 Å². The summed E-state index contributed by atoms with van der Waals surface area (Å²) in [5.41, 5.74) is 5.02. The molecule has 148 valence electrons. The van der Waals surface area contributed by atoms with Crippen molar-refractivity contribution >= 4 is 5.97 Å². The Morgan fingerprint density at radius 2 is 1.90 bits per heavy atom. The number of aromatic carboxylic acids is 1. The number of carbonyl (C=O) groups is 1. The van der Waals surface area contributed by atoms with E-state index in [0.717, 1.165) is 48.4 Å². The zero-order chi connectivity index (χ0) is 20.4. The molecule has 4 rings (SSSR count). The maximum Gasteiger partial charge on any atom is 0.336 e. The van der Waals surface area contributed by atoms with Gasteiger partial charge in [-0.05, 0) is 49.1 Å². The van der Waals surface area contributed by atoms with Crippen molar-refractivity contribution in [3.63, 3.8) is 0 Å². The number of aryl methyl sites for hydroxylation is 1. The molecule has 0 radical (unpaired) electrons. The van der Waals surface area contributed by atoms with Crippen molar-refractivity contribution in [1.29, 1.82) is 0 Å². The smallest absolute Gasteiger partial charge is 0.336 e. The number of nitrogens with one attached hydrogen (secondary N) is 1. The number of carboxylic acid groups (broad SMARTS) is 1. The lowest BCUT2D eigenvalue weighted by molar-refractivity contribution is 0.0697. The highest BCUT2D eigenvalue weighted by atomic mass is 16.4. The Hall–Kier alpha value is -3.18. The Labute approximate surface area is 169 Å². The van der Waals surface area contributed by atoms with Crippen LogP contribution in [0.1, 0.15) is 46.2 Å². The molecule has 1 fully saturated rings. The van der Waals surface area contributed by atoms with Crippen LogP contribution in [0.25, 0.3) is 11.1 Å². The van der Waals surface area contributed by atoms with E-state index in [9.17, 15) is 14.7 Å². The fourth-order valence-electron chi connectivity index (χ4n) is 4.20. The van der Waals surface area contributed by atoms with Crippen LogP contribution in [0.3, 0.4) is 0 Å². The van der Waals surface area contributed by atoms with Gasteiger partial charge in [0.1, 0.15) is 0 Å². The summed E-state index contributed by atoms with van der Waals surface area (Å²) in [6.07, 6.45) is 2.13. The minimum atomic E-state index is -0.920. The number of rotatable bonds is 5. The molecule has 1 aromatic heterocycles. The molecule has 0 bridgehead atoms. The molecule has 0 aliphatic carbocycles. The topological polar surface area (TPSA) is 73.4 Å². The van der Waals surface area contributed by atoms with Gasteiger partial charge in [0, 0.05) is 30.1 Å². The molecular weight excluding hydrogens is 364 g/mol. The standard InChI is InChI=1S/C24H24N2O3/c1-16-13-19(27)14-22(25-16)23-7-4-12-26(23)15-17-8-10-18(11-9-17)20-5-2-3-6-21(20)24(28)29/h2-3,5-6,8-11,13-14,23H,4,7,12,15H2,1H3,(H,25,27)(H,28,29)/t23-/m1/s1. The zero-order valence-electron chi connectivity index (χ0n) is 16.4. The van der Waals surface area contributed by atoms with Crippen LogP contribution in [0, 0.1) is 6.92 Å². The van der Waals surface area contributed by atoms with E-state index in [-0.39, 0.29) is 11.5 Å². The van der Waals surface area contributed by atoms with Crippen LogP contribution in [0.4, 0.5) is 0 Å². The summed E-state index contributed by atoms with van der Waals surface area (Å²) in [6, 6.07) is 18.7. The van der Waals surface area contributed by atoms with E-state index in [1.807, 2.05) is 31.2 Å². The number of benzene rings is 2. The van der Waals surface area contributed by atoms with Gasteiger partial charge < -0.3 is 10.1 Å². The van der Waals surface area contributed by atoms with Crippen molar-refractivity contribution < 1.29 is 9.90 Å². The number of hydrogen-bond acceptors (Lipinski definition) is 3. The summed E-state index contributed by atoms with van der Waals surface area (Å²) in [5, 5.41) is 9.42. The van der Waals surface area contributed by atoms with Gasteiger partial charge >= 0.3 is 5.97 Å². The van der Waals surface area contributed by atoms with Gasteiger partial charge in [0.15, 0.2) is 5.43 Å². The van der Waals surface area contributed by atoms with Crippen molar-refractivity contribution in [2.75, 3.05) is 6.54 Å². The molecule has 5 heteroatoms. The first-order valence-corrected chi connectivity index (χ1v) is 9.88. The molecule has 1 atom stereocenters. The Morgan fingerprint density at radius 3 is 2.62 bits per heavy atom. The second kappa shape index (κ2) is 8.05. The van der Waals surface area contributed by atoms with Crippen LogP contribution in [-0.2, 0) is 6.54 Å². The van der Waals surface area contributed by atoms with Crippen molar-refractivity contribution in [3.05, 3.63) is 93.4 Å². The lowest BCUT2D eigenvalue weighted by Gasteiger charge is -2.25. The summed E-state index contributed by atoms with van der Waals surface area (Å²) in [5.74, 6) is -0.920. The zero-order valence-corrected chi connectivity index (χ0v) is 16.4. The minimum Gasteiger partial charge on any atom is -0.478 e. The normalized spacial score (nSPS) is 16.8. The SMILES string of the molecule is Cc1cc(=O)cc([C@H]2CCCN2Cc2ccc(-c3ccccc3C(=O)O)cc2)[nH]1. The van der Waals surface area contributed by atoms with Gasteiger partial charge in [0.25, 0.3) is 0 Å². The molecule has 1 saturated heterocycles. The van der Waals surface area contributed by atoms with Gasteiger partial charge in [-0.25, -0.2) is 4.79 Å². The van der Waals surface area contributed by atoms with Gasteiger partial charge in [0.05, 0.1) is 11.6 Å². The van der Waals surface area contributed by atoms with Gasteiger partial charge in [-0.15, -0.1) is 0 Å². The summed E-state index contributed by atoms with van der Waals surface area (Å²) < 4.78 is 0. The maximum atomic E-state index is 11.9. The molecule has 1 aliphatic heterocycles. The first-order chi connectivity index (χ1) is 14.0. The van der Waals surface area contributed by atoms with Gasteiger partial charge in [0.2, 0.25) is 0 Å². The van der Waals surface area contributed by atoms with Crippen LogP contribution in [0.15, 0.2) is 65.5 Å². The highest BCUT2D eigenvalue weighted by molar-refractivity contribution is 5.95. The molecule has 2 aromatic carbocycles. The lowest BCUT2D eigenvalue weighted by Crippen LogP contribution is -2.24. The fraction of sp³-hybridized carbons (Fsp3) is 0.250. The largest absolute Gasteiger partial charge is 0.478 e. The van der Waals surface area contributed by atoms with E-state index >= 15 is 0 Å². The van der Waals surface area contributed by atoms with Crippen LogP contribution < -0.4 is 5.43 Å². The Kier molecular flexibility index (Phi) is 5.32. The van der Waals surface area contributed by atoms with Crippen LogP contribution >= 0.6 is 0 Å². The first-order valence-electron chi connectivity index (χ1n) is 9.88. The number of likely N-dealkylation sites (tertiary alicyclic amines) is 1. The van der Waals surface area contributed by atoms with E-state index in [1.54, 1.807) is 24.3 Å². The van der Waals surface area contributed by atoms with Crippen LogP contribution in [0.5, 0.6) is 0 Å². The lowest BCUT2D eigenvalue weighted by atomic mass is 9.98. The first kappa shape index (κ1) is 19.2. The number of nitrogens with zero attached hydrogens (tertiary/aromatic N) is 1. The molecule has 1 aliphatic rings. The molecule has 0 unspecified atom stereocenters. The van der Waals surface area contributed by atoms with Crippen LogP contribution in [0.2, 0.25) is 0 Å². The minimum absolute atomic E-state index is 0.0459. The molecule has 0 amide bonds. The summed E-state index contributed by atoms with van der Waals surface area (Å²) in [7, 11) is 0. The average molecular weight is 388 g/mol. The highest BCUT2D eigenvalue weighted by Crippen LogP contribution is 2.32. The van der Waals surface area contributed by atoms with Crippen molar-refractivity contribution in [2.45, 2.75) is 32.4 Å². The number of pyridine rings is 1. The van der Waals surface area contributed by atoms with Crippen molar-refractivity contribution in [2.24, 2.45) is 0 Å². The third-order valence-corrected chi connectivity index (χ3v) is 5.53. The number of aromatic nitrogens is 1. The predicted octanol–water partition coefficient (Wildman–Crippen LogP) is 4.39. The molecule has 5 nitrogen and oxygen atoms in total. The third kappa shape index (κ3) is 4.15. The van der Waals surface area contributed by atoms with Crippen molar-refractivity contribution in [3.8, 4) is 11.1 Å². The molecule has 2 heterocycles. The van der Waals surface area contributed by atoms with Crippen molar-refractivity contribution in [1.82, 2.24) is 9.88 Å². The number of hydrogen-bond donors (Lipinski definition) is 2. The molecule has 0 saturated carbocycles. The molecule has 3 aromatic rings. The van der Waals surface area contributed by atoms with Crippen LogP contribution in [-0.4, -0.2) is 27.5 Å². The quantitative estimate of drug-likeness (QED) is 0.680. The predicted molar refractivity (Wildman–Crippen MR) is 113 cm³/mol.